The molecule has 2 N–H and O–H groups in total. The van der Waals surface area contributed by atoms with Crippen LogP contribution < -0.4 is 5.32 Å². The zero-order valence-electron chi connectivity index (χ0n) is 12.8. The van der Waals surface area contributed by atoms with Crippen molar-refractivity contribution in [1.82, 2.24) is 9.78 Å². The number of hydrogen-bond donors (Lipinski definition) is 2. The van der Waals surface area contributed by atoms with Gasteiger partial charge >= 0.3 is 12.3 Å². The highest BCUT2D eigenvalue weighted by molar-refractivity contribution is 5.82. The van der Waals surface area contributed by atoms with Gasteiger partial charge in [0.15, 0.2) is 0 Å². The van der Waals surface area contributed by atoms with Crippen molar-refractivity contribution in [1.29, 1.82) is 0 Å². The van der Waals surface area contributed by atoms with E-state index in [0.717, 1.165) is 10.7 Å². The van der Waals surface area contributed by atoms with E-state index in [0.29, 0.717) is 5.69 Å². The largest absolute Gasteiger partial charge is 0.465 e. The van der Waals surface area contributed by atoms with Crippen molar-refractivity contribution in [3.05, 3.63) is 41.6 Å². The molecule has 0 aliphatic carbocycles. The van der Waals surface area contributed by atoms with E-state index in [1.165, 1.54) is 24.3 Å². The number of amides is 1. The van der Waals surface area contributed by atoms with Crippen LogP contribution in [0.25, 0.3) is 5.69 Å². The van der Waals surface area contributed by atoms with E-state index in [1.807, 2.05) is 20.8 Å². The number of para-hydroxylation sites is 1. The second-order valence-electron chi connectivity index (χ2n) is 6.02. The molecule has 23 heavy (non-hydrogen) atoms. The van der Waals surface area contributed by atoms with Gasteiger partial charge < -0.3 is 5.11 Å². The summed E-state index contributed by atoms with van der Waals surface area (Å²) in [4.78, 5) is 10.9. The maximum absolute atomic E-state index is 13.2. The number of benzene rings is 1. The number of hydrogen-bond acceptors (Lipinski definition) is 2. The molecule has 0 atom stereocenters. The van der Waals surface area contributed by atoms with Gasteiger partial charge in [-0.25, -0.2) is 9.48 Å². The first-order valence-electron chi connectivity index (χ1n) is 6.77. The Morgan fingerprint density at radius 3 is 2.35 bits per heavy atom. The monoisotopic (exact) mass is 327 g/mol. The van der Waals surface area contributed by atoms with Gasteiger partial charge in [-0.05, 0) is 12.1 Å². The first-order chi connectivity index (χ1) is 10.5. The lowest BCUT2D eigenvalue weighted by Gasteiger charge is -2.15. The van der Waals surface area contributed by atoms with Crippen molar-refractivity contribution >= 4 is 11.9 Å². The van der Waals surface area contributed by atoms with E-state index >= 15 is 0 Å². The fourth-order valence-corrected chi connectivity index (χ4v) is 2.03. The highest BCUT2D eigenvalue weighted by Crippen LogP contribution is 2.35. The Kier molecular flexibility index (Phi) is 4.10. The van der Waals surface area contributed by atoms with Crippen LogP contribution in [0.15, 0.2) is 30.3 Å². The second-order valence-corrected chi connectivity index (χ2v) is 6.02. The van der Waals surface area contributed by atoms with Crippen LogP contribution >= 0.6 is 0 Å². The van der Waals surface area contributed by atoms with Gasteiger partial charge in [0.25, 0.3) is 0 Å². The zero-order chi connectivity index (χ0) is 17.4. The molecule has 0 saturated heterocycles. The molecule has 1 amide bonds. The molecule has 124 valence electrons. The summed E-state index contributed by atoms with van der Waals surface area (Å²) in [6.45, 7) is 5.50. The summed E-state index contributed by atoms with van der Waals surface area (Å²) in [6.07, 6.45) is -5.96. The number of aromatic nitrogens is 2. The third kappa shape index (κ3) is 3.64. The molecule has 0 bridgehead atoms. The van der Waals surface area contributed by atoms with Crippen LogP contribution in [0.2, 0.25) is 0 Å². The van der Waals surface area contributed by atoms with Gasteiger partial charge in [0.2, 0.25) is 0 Å². The van der Waals surface area contributed by atoms with Crippen molar-refractivity contribution in [2.45, 2.75) is 32.4 Å². The standard InChI is InChI=1S/C15H16F3N3O2/c1-14(2,3)11-8-12(19-13(22)23)21(20-11)10-7-5-4-6-9(10)15(16,17)18/h4-8,19H,1-3H3,(H,22,23). The molecule has 8 heteroatoms. The molecule has 2 aromatic rings. The Morgan fingerprint density at radius 2 is 1.83 bits per heavy atom. The van der Waals surface area contributed by atoms with Gasteiger partial charge in [-0.1, -0.05) is 32.9 Å². The van der Waals surface area contributed by atoms with Crippen LogP contribution in [0.4, 0.5) is 23.8 Å². The maximum atomic E-state index is 13.2. The van der Waals surface area contributed by atoms with E-state index in [-0.39, 0.29) is 11.5 Å². The molecule has 1 heterocycles. The summed E-state index contributed by atoms with van der Waals surface area (Å²) < 4.78 is 40.5. The van der Waals surface area contributed by atoms with E-state index in [4.69, 9.17) is 5.11 Å². The first kappa shape index (κ1) is 16.9. The normalized spacial score (nSPS) is 12.3. The van der Waals surface area contributed by atoms with E-state index < -0.39 is 23.2 Å². The Bertz CT molecular complexity index is 730. The van der Waals surface area contributed by atoms with E-state index in [1.54, 1.807) is 0 Å². The molecular weight excluding hydrogens is 311 g/mol. The Labute approximate surface area is 130 Å². The van der Waals surface area contributed by atoms with Crippen molar-refractivity contribution < 1.29 is 23.1 Å². The third-order valence-corrected chi connectivity index (χ3v) is 3.15. The van der Waals surface area contributed by atoms with Crippen LogP contribution in [0.1, 0.15) is 32.0 Å². The molecule has 0 fully saturated rings. The number of alkyl halides is 3. The quantitative estimate of drug-likeness (QED) is 0.865. The van der Waals surface area contributed by atoms with Gasteiger partial charge in [-0.15, -0.1) is 0 Å². The van der Waals surface area contributed by atoms with Crippen LogP contribution in [-0.2, 0) is 11.6 Å². The van der Waals surface area contributed by atoms with Gasteiger partial charge in [0, 0.05) is 11.5 Å². The van der Waals surface area contributed by atoms with Crippen LogP contribution in [0.5, 0.6) is 0 Å². The number of nitrogens with one attached hydrogen (secondary N) is 1. The maximum Gasteiger partial charge on any atom is 0.418 e. The SMILES string of the molecule is CC(C)(C)c1cc(NC(=O)O)n(-c2ccccc2C(F)(F)F)n1. The molecular formula is C15H16F3N3O2. The summed E-state index contributed by atoms with van der Waals surface area (Å²) in [5.74, 6) is -0.0425. The molecule has 2 rings (SSSR count). The number of carbonyl (C=O) groups is 1. The lowest BCUT2D eigenvalue weighted by atomic mass is 9.92. The van der Waals surface area contributed by atoms with E-state index in [9.17, 15) is 18.0 Å². The third-order valence-electron chi connectivity index (χ3n) is 3.15. The lowest BCUT2D eigenvalue weighted by Crippen LogP contribution is -2.16. The number of nitrogens with zero attached hydrogens (tertiary/aromatic N) is 2. The molecule has 0 saturated carbocycles. The van der Waals surface area contributed by atoms with Gasteiger partial charge in [-0.3, -0.25) is 5.32 Å². The minimum absolute atomic E-state index is 0.0425. The summed E-state index contributed by atoms with van der Waals surface area (Å²) in [5, 5.41) is 15.2. The Morgan fingerprint density at radius 1 is 1.22 bits per heavy atom. The number of carboxylic acid groups (broad SMARTS) is 1. The average molecular weight is 327 g/mol. The van der Waals surface area contributed by atoms with Crippen molar-refractivity contribution in [2.24, 2.45) is 0 Å². The number of rotatable bonds is 2. The average Bonchev–Trinajstić information content (AvgIpc) is 2.80. The molecule has 0 radical (unpaired) electrons. The Hall–Kier alpha value is -2.51. The minimum atomic E-state index is -4.58. The highest BCUT2D eigenvalue weighted by atomic mass is 19.4. The molecule has 1 aromatic heterocycles. The molecule has 0 unspecified atom stereocenters. The van der Waals surface area contributed by atoms with Crippen LogP contribution in [-0.4, -0.2) is 21.0 Å². The summed E-state index contributed by atoms with van der Waals surface area (Å²) in [5.41, 5.74) is -1.11. The minimum Gasteiger partial charge on any atom is -0.465 e. The molecule has 0 aliphatic heterocycles. The lowest BCUT2D eigenvalue weighted by molar-refractivity contribution is -0.137. The molecule has 1 aromatic carbocycles. The number of anilines is 1. The Balaban J connectivity index is 2.68. The van der Waals surface area contributed by atoms with Gasteiger partial charge in [0.05, 0.1) is 16.9 Å². The fourth-order valence-electron chi connectivity index (χ4n) is 2.03. The highest BCUT2D eigenvalue weighted by Gasteiger charge is 2.35. The molecule has 5 nitrogen and oxygen atoms in total. The van der Waals surface area contributed by atoms with Gasteiger partial charge in [0.1, 0.15) is 5.82 Å². The predicted octanol–water partition coefficient (Wildman–Crippen LogP) is 4.28. The number of halogens is 3. The zero-order valence-corrected chi connectivity index (χ0v) is 12.8. The predicted molar refractivity (Wildman–Crippen MR) is 78.9 cm³/mol. The second kappa shape index (κ2) is 5.60. The smallest absolute Gasteiger partial charge is 0.418 e. The van der Waals surface area contributed by atoms with Crippen molar-refractivity contribution in [2.75, 3.05) is 5.32 Å². The van der Waals surface area contributed by atoms with Crippen LogP contribution in [0.3, 0.4) is 0 Å². The van der Waals surface area contributed by atoms with Gasteiger partial charge in [-0.2, -0.15) is 18.3 Å². The fraction of sp³-hybridized carbons (Fsp3) is 0.333. The summed E-state index contributed by atoms with van der Waals surface area (Å²) >= 11 is 0. The van der Waals surface area contributed by atoms with Crippen molar-refractivity contribution in [3.63, 3.8) is 0 Å². The topological polar surface area (TPSA) is 67.2 Å². The van der Waals surface area contributed by atoms with E-state index in [2.05, 4.69) is 10.4 Å². The summed E-state index contributed by atoms with van der Waals surface area (Å²) in [7, 11) is 0. The van der Waals surface area contributed by atoms with Crippen molar-refractivity contribution in [3.8, 4) is 5.69 Å². The summed E-state index contributed by atoms with van der Waals surface area (Å²) in [6, 6.07) is 6.31. The molecule has 0 aliphatic rings. The first-order valence-corrected chi connectivity index (χ1v) is 6.77. The van der Waals surface area contributed by atoms with Crippen LogP contribution in [0, 0.1) is 0 Å². The molecule has 0 spiro atoms.